The van der Waals surface area contributed by atoms with E-state index in [0.29, 0.717) is 0 Å². The average Bonchev–Trinajstić information content (AvgIpc) is 2.49. The molecular weight excluding hydrogens is 271 g/mol. The number of carbonyl (C=O) groups is 1. The zero-order valence-electron chi connectivity index (χ0n) is 6.82. The first kappa shape index (κ1) is 9.50. The molecule has 1 rings (SSSR count). The van der Waals surface area contributed by atoms with Crippen LogP contribution in [0, 0.1) is 3.57 Å². The Bertz CT molecular complexity index is 285. The monoisotopic (exact) mass is 280 g/mol. The third-order valence-electron chi connectivity index (χ3n) is 1.51. The van der Waals surface area contributed by atoms with Gasteiger partial charge in [-0.2, -0.15) is 5.10 Å². The number of carbonyl (C=O) groups excluding carboxylic acids is 1. The van der Waals surface area contributed by atoms with Crippen molar-refractivity contribution in [2.24, 2.45) is 0 Å². The fourth-order valence-corrected chi connectivity index (χ4v) is 1.22. The highest BCUT2D eigenvalue weighted by Gasteiger charge is 2.15. The van der Waals surface area contributed by atoms with Crippen molar-refractivity contribution in [3.63, 3.8) is 0 Å². The quantitative estimate of drug-likeness (QED) is 0.604. The van der Waals surface area contributed by atoms with Crippen molar-refractivity contribution in [1.29, 1.82) is 0 Å². The Morgan fingerprint density at radius 3 is 2.92 bits per heavy atom. The maximum atomic E-state index is 11.0. The van der Waals surface area contributed by atoms with Crippen LogP contribution in [-0.4, -0.2) is 22.9 Å². The van der Waals surface area contributed by atoms with Crippen LogP contribution in [0.2, 0.25) is 0 Å². The van der Waals surface area contributed by atoms with Crippen molar-refractivity contribution in [3.8, 4) is 0 Å². The highest BCUT2D eigenvalue weighted by molar-refractivity contribution is 14.1. The summed E-state index contributed by atoms with van der Waals surface area (Å²) < 4.78 is 7.15. The molecule has 0 amide bonds. The SMILES string of the molecule is COC(=O)[C@@H](C)n1cc(I)cn1. The summed E-state index contributed by atoms with van der Waals surface area (Å²) >= 11 is 2.13. The number of methoxy groups -OCH3 is 1. The van der Waals surface area contributed by atoms with E-state index >= 15 is 0 Å². The van der Waals surface area contributed by atoms with Crippen molar-refractivity contribution >= 4 is 28.6 Å². The van der Waals surface area contributed by atoms with Gasteiger partial charge in [0.2, 0.25) is 0 Å². The zero-order chi connectivity index (χ0) is 9.14. The molecule has 0 aliphatic carbocycles. The minimum atomic E-state index is -0.349. The van der Waals surface area contributed by atoms with Gasteiger partial charge in [-0.25, -0.2) is 4.79 Å². The van der Waals surface area contributed by atoms with Gasteiger partial charge in [0, 0.05) is 6.20 Å². The molecule has 0 aliphatic heterocycles. The van der Waals surface area contributed by atoms with Crippen LogP contribution < -0.4 is 0 Å². The predicted octanol–water partition coefficient (Wildman–Crippen LogP) is 1.22. The summed E-state index contributed by atoms with van der Waals surface area (Å²) in [6, 6.07) is -0.349. The molecule has 0 aliphatic rings. The zero-order valence-corrected chi connectivity index (χ0v) is 8.98. The topological polar surface area (TPSA) is 44.1 Å². The van der Waals surface area contributed by atoms with Crippen LogP contribution in [0.25, 0.3) is 0 Å². The molecule has 4 nitrogen and oxygen atoms in total. The molecule has 12 heavy (non-hydrogen) atoms. The highest BCUT2D eigenvalue weighted by Crippen LogP contribution is 2.09. The summed E-state index contributed by atoms with van der Waals surface area (Å²) in [4.78, 5) is 11.0. The number of hydrogen-bond donors (Lipinski definition) is 0. The van der Waals surface area contributed by atoms with Gasteiger partial charge in [0.1, 0.15) is 6.04 Å². The molecular formula is C7H9IN2O2. The second kappa shape index (κ2) is 3.88. The Kier molecular flexibility index (Phi) is 3.07. The van der Waals surface area contributed by atoms with E-state index in [1.54, 1.807) is 24.0 Å². The first-order valence-corrected chi connectivity index (χ1v) is 4.50. The lowest BCUT2D eigenvalue weighted by Crippen LogP contribution is -2.17. The predicted molar refractivity (Wildman–Crippen MR) is 51.7 cm³/mol. The summed E-state index contributed by atoms with van der Waals surface area (Å²) in [6.07, 6.45) is 3.49. The van der Waals surface area contributed by atoms with Gasteiger partial charge in [-0.1, -0.05) is 0 Å². The Morgan fingerprint density at radius 2 is 2.50 bits per heavy atom. The first-order chi connectivity index (χ1) is 5.65. The largest absolute Gasteiger partial charge is 0.467 e. The molecule has 66 valence electrons. The van der Waals surface area contributed by atoms with Gasteiger partial charge < -0.3 is 4.74 Å². The maximum Gasteiger partial charge on any atom is 0.330 e. The summed E-state index contributed by atoms with van der Waals surface area (Å²) in [5.74, 6) is -0.283. The first-order valence-electron chi connectivity index (χ1n) is 3.42. The van der Waals surface area contributed by atoms with Crippen LogP contribution in [0.1, 0.15) is 13.0 Å². The Labute approximate surface area is 84.0 Å². The van der Waals surface area contributed by atoms with Gasteiger partial charge in [-0.3, -0.25) is 4.68 Å². The lowest BCUT2D eigenvalue weighted by atomic mass is 10.3. The molecule has 0 saturated heterocycles. The van der Waals surface area contributed by atoms with E-state index in [1.807, 2.05) is 0 Å². The van der Waals surface area contributed by atoms with Gasteiger partial charge >= 0.3 is 5.97 Å². The van der Waals surface area contributed by atoms with Gasteiger partial charge in [0.25, 0.3) is 0 Å². The van der Waals surface area contributed by atoms with Crippen LogP contribution in [0.4, 0.5) is 0 Å². The van der Waals surface area contributed by atoms with Gasteiger partial charge in [0.05, 0.1) is 16.9 Å². The van der Waals surface area contributed by atoms with E-state index in [9.17, 15) is 4.79 Å². The van der Waals surface area contributed by atoms with Crippen LogP contribution in [0.15, 0.2) is 12.4 Å². The number of nitrogens with zero attached hydrogens (tertiary/aromatic N) is 2. The third-order valence-corrected chi connectivity index (χ3v) is 2.07. The van der Waals surface area contributed by atoms with Crippen LogP contribution in [0.3, 0.4) is 0 Å². The lowest BCUT2D eigenvalue weighted by molar-refractivity contribution is -0.144. The third kappa shape index (κ3) is 1.96. The molecule has 0 unspecified atom stereocenters. The fraction of sp³-hybridized carbons (Fsp3) is 0.429. The van der Waals surface area contributed by atoms with Crippen molar-refractivity contribution in [1.82, 2.24) is 9.78 Å². The molecule has 0 saturated carbocycles. The molecule has 1 heterocycles. The Morgan fingerprint density at radius 1 is 1.83 bits per heavy atom. The second-order valence-electron chi connectivity index (χ2n) is 2.34. The molecule has 0 spiro atoms. The Hall–Kier alpha value is -0.590. The number of ether oxygens (including phenoxy) is 1. The second-order valence-corrected chi connectivity index (χ2v) is 3.58. The van der Waals surface area contributed by atoms with Crippen LogP contribution >= 0.6 is 22.6 Å². The molecule has 1 aromatic heterocycles. The van der Waals surface area contributed by atoms with Crippen LogP contribution in [-0.2, 0) is 9.53 Å². The molecule has 0 bridgehead atoms. The van der Waals surface area contributed by atoms with Crippen LogP contribution in [0.5, 0.6) is 0 Å². The number of aromatic nitrogens is 2. The van der Waals surface area contributed by atoms with E-state index in [-0.39, 0.29) is 12.0 Å². The van der Waals surface area contributed by atoms with E-state index in [2.05, 4.69) is 32.4 Å². The fourth-order valence-electron chi connectivity index (χ4n) is 0.805. The summed E-state index contributed by atoms with van der Waals surface area (Å²) in [6.45, 7) is 1.74. The lowest BCUT2D eigenvalue weighted by Gasteiger charge is -2.08. The van der Waals surface area contributed by atoms with Crippen molar-refractivity contribution < 1.29 is 9.53 Å². The Balaban J connectivity index is 2.77. The number of rotatable bonds is 2. The standard InChI is InChI=1S/C7H9IN2O2/c1-5(7(11)12-2)10-4-6(8)3-9-10/h3-5H,1-2H3/t5-/m1/s1. The normalized spacial score (nSPS) is 12.6. The van der Waals surface area contributed by atoms with E-state index < -0.39 is 0 Å². The molecule has 0 radical (unpaired) electrons. The minimum Gasteiger partial charge on any atom is -0.467 e. The van der Waals surface area contributed by atoms with Crippen molar-refractivity contribution in [2.75, 3.05) is 7.11 Å². The smallest absolute Gasteiger partial charge is 0.330 e. The minimum absolute atomic E-state index is 0.283. The van der Waals surface area contributed by atoms with E-state index in [0.717, 1.165) is 3.57 Å². The highest BCUT2D eigenvalue weighted by atomic mass is 127. The maximum absolute atomic E-state index is 11.0. The van der Waals surface area contributed by atoms with Crippen molar-refractivity contribution in [2.45, 2.75) is 13.0 Å². The van der Waals surface area contributed by atoms with E-state index in [1.165, 1.54) is 7.11 Å². The molecule has 5 heteroatoms. The summed E-state index contributed by atoms with van der Waals surface area (Å²) in [5, 5.41) is 3.99. The molecule has 0 N–H and O–H groups in total. The molecule has 0 aromatic carbocycles. The average molecular weight is 280 g/mol. The van der Waals surface area contributed by atoms with Gasteiger partial charge in [0.15, 0.2) is 0 Å². The number of hydrogen-bond acceptors (Lipinski definition) is 3. The van der Waals surface area contributed by atoms with Crippen molar-refractivity contribution in [3.05, 3.63) is 16.0 Å². The number of halogens is 1. The van der Waals surface area contributed by atoms with E-state index in [4.69, 9.17) is 0 Å². The molecule has 1 atom stereocenters. The van der Waals surface area contributed by atoms with Gasteiger partial charge in [-0.05, 0) is 29.5 Å². The molecule has 0 fully saturated rings. The molecule has 1 aromatic rings. The number of esters is 1. The van der Waals surface area contributed by atoms with Gasteiger partial charge in [-0.15, -0.1) is 0 Å². The summed E-state index contributed by atoms with van der Waals surface area (Å²) in [5.41, 5.74) is 0. The summed E-state index contributed by atoms with van der Waals surface area (Å²) in [7, 11) is 1.37.